The Kier molecular flexibility index (Phi) is 6.36. The van der Waals surface area contributed by atoms with Crippen molar-refractivity contribution in [2.45, 2.75) is 12.8 Å². The molecular weight excluding hydrogens is 326 g/mol. The molecule has 0 aliphatic rings. The molecular formula is C11H14ClIO2. The zero-order chi connectivity index (χ0) is 11.1. The third-order valence-electron chi connectivity index (χ3n) is 1.95. The standard InChI is InChI=1S/C11H14ClIO2/c12-5-7-15-11-4-3-9(2-1-6-14)8-10(11)13/h3-4,8,14H,1-2,5-7H2. The lowest BCUT2D eigenvalue weighted by Crippen LogP contribution is -2.00. The Labute approximate surface area is 109 Å². The molecule has 0 fully saturated rings. The highest BCUT2D eigenvalue weighted by molar-refractivity contribution is 14.1. The van der Waals surface area contributed by atoms with Gasteiger partial charge in [-0.05, 0) is 53.1 Å². The molecule has 2 nitrogen and oxygen atoms in total. The van der Waals surface area contributed by atoms with E-state index in [0.29, 0.717) is 12.5 Å². The van der Waals surface area contributed by atoms with Crippen LogP contribution in [0.25, 0.3) is 0 Å². The van der Waals surface area contributed by atoms with Gasteiger partial charge in [-0.2, -0.15) is 0 Å². The van der Waals surface area contributed by atoms with Crippen molar-refractivity contribution in [3.63, 3.8) is 0 Å². The van der Waals surface area contributed by atoms with Crippen molar-refractivity contribution in [3.8, 4) is 5.75 Å². The van der Waals surface area contributed by atoms with Gasteiger partial charge in [0.05, 0.1) is 9.45 Å². The summed E-state index contributed by atoms with van der Waals surface area (Å²) in [4.78, 5) is 0. The van der Waals surface area contributed by atoms with E-state index in [1.807, 2.05) is 12.1 Å². The molecule has 0 aliphatic carbocycles. The Morgan fingerprint density at radius 3 is 2.80 bits per heavy atom. The van der Waals surface area contributed by atoms with Crippen molar-refractivity contribution >= 4 is 34.2 Å². The quantitative estimate of drug-likeness (QED) is 0.637. The van der Waals surface area contributed by atoms with Crippen molar-refractivity contribution in [3.05, 3.63) is 27.3 Å². The molecule has 0 aliphatic heterocycles. The highest BCUT2D eigenvalue weighted by Gasteiger charge is 2.02. The number of hydrogen-bond acceptors (Lipinski definition) is 2. The van der Waals surface area contributed by atoms with Gasteiger partial charge in [-0.15, -0.1) is 11.6 Å². The maximum Gasteiger partial charge on any atom is 0.132 e. The Hall–Kier alpha value is -0.000000000000000111. The van der Waals surface area contributed by atoms with Crippen LogP contribution in [0.4, 0.5) is 0 Å². The molecule has 0 radical (unpaired) electrons. The van der Waals surface area contributed by atoms with Gasteiger partial charge in [0, 0.05) is 6.61 Å². The van der Waals surface area contributed by atoms with Crippen molar-refractivity contribution in [1.29, 1.82) is 0 Å². The summed E-state index contributed by atoms with van der Waals surface area (Å²) >= 11 is 7.80. The van der Waals surface area contributed by atoms with Crippen LogP contribution in [0.2, 0.25) is 0 Å². The van der Waals surface area contributed by atoms with Crippen LogP contribution < -0.4 is 4.74 Å². The molecule has 0 aromatic heterocycles. The van der Waals surface area contributed by atoms with E-state index in [-0.39, 0.29) is 6.61 Å². The van der Waals surface area contributed by atoms with Crippen LogP contribution in [0.3, 0.4) is 0 Å². The minimum atomic E-state index is 0.237. The SMILES string of the molecule is OCCCc1ccc(OCCCl)c(I)c1. The van der Waals surface area contributed by atoms with E-state index >= 15 is 0 Å². The molecule has 84 valence electrons. The van der Waals surface area contributed by atoms with Crippen molar-refractivity contribution in [2.24, 2.45) is 0 Å². The summed E-state index contributed by atoms with van der Waals surface area (Å²) in [6.07, 6.45) is 1.71. The van der Waals surface area contributed by atoms with Crippen LogP contribution in [-0.4, -0.2) is 24.2 Å². The molecule has 1 aromatic rings. The number of ether oxygens (including phenoxy) is 1. The van der Waals surface area contributed by atoms with Crippen molar-refractivity contribution in [1.82, 2.24) is 0 Å². The molecule has 0 spiro atoms. The number of hydrogen-bond donors (Lipinski definition) is 1. The van der Waals surface area contributed by atoms with Crippen LogP contribution in [0.15, 0.2) is 18.2 Å². The molecule has 0 saturated heterocycles. The number of benzene rings is 1. The van der Waals surface area contributed by atoms with Gasteiger partial charge in [-0.1, -0.05) is 6.07 Å². The van der Waals surface area contributed by atoms with Gasteiger partial charge in [0.2, 0.25) is 0 Å². The molecule has 0 amide bonds. The minimum Gasteiger partial charge on any atom is -0.491 e. The number of aliphatic hydroxyl groups excluding tert-OH is 1. The summed E-state index contributed by atoms with van der Waals surface area (Å²) in [6.45, 7) is 0.772. The van der Waals surface area contributed by atoms with Crippen LogP contribution >= 0.6 is 34.2 Å². The summed E-state index contributed by atoms with van der Waals surface area (Å²) < 4.78 is 6.55. The van der Waals surface area contributed by atoms with Crippen molar-refractivity contribution < 1.29 is 9.84 Å². The highest BCUT2D eigenvalue weighted by atomic mass is 127. The molecule has 0 saturated carbocycles. The second kappa shape index (κ2) is 7.30. The molecule has 1 rings (SSSR count). The van der Waals surface area contributed by atoms with Gasteiger partial charge in [-0.25, -0.2) is 0 Å². The fourth-order valence-corrected chi connectivity index (χ4v) is 2.06. The number of rotatable bonds is 6. The van der Waals surface area contributed by atoms with Gasteiger partial charge in [0.25, 0.3) is 0 Å². The minimum absolute atomic E-state index is 0.237. The fraction of sp³-hybridized carbons (Fsp3) is 0.455. The van der Waals surface area contributed by atoms with E-state index in [9.17, 15) is 0 Å². The largest absolute Gasteiger partial charge is 0.491 e. The van der Waals surface area contributed by atoms with Gasteiger partial charge in [0.1, 0.15) is 12.4 Å². The average Bonchev–Trinajstić information content (AvgIpc) is 2.25. The molecule has 0 bridgehead atoms. The van der Waals surface area contributed by atoms with E-state index < -0.39 is 0 Å². The molecule has 1 N–H and O–H groups in total. The summed E-state index contributed by atoms with van der Waals surface area (Å²) in [7, 11) is 0. The number of halogens is 2. The van der Waals surface area contributed by atoms with Crippen LogP contribution in [-0.2, 0) is 6.42 Å². The number of aliphatic hydroxyl groups is 1. The average molecular weight is 341 g/mol. The Bertz CT molecular complexity index is 305. The summed E-state index contributed by atoms with van der Waals surface area (Å²) in [5, 5.41) is 8.73. The van der Waals surface area contributed by atoms with E-state index in [0.717, 1.165) is 22.2 Å². The maximum atomic E-state index is 8.73. The number of aryl methyl sites for hydroxylation is 1. The first-order chi connectivity index (χ1) is 7.27. The highest BCUT2D eigenvalue weighted by Crippen LogP contribution is 2.22. The Morgan fingerprint density at radius 1 is 1.40 bits per heavy atom. The number of alkyl halides is 1. The molecule has 0 unspecified atom stereocenters. The first kappa shape index (κ1) is 13.1. The molecule has 4 heteroatoms. The summed E-state index contributed by atoms with van der Waals surface area (Å²) in [5.41, 5.74) is 1.23. The lowest BCUT2D eigenvalue weighted by atomic mass is 10.1. The topological polar surface area (TPSA) is 29.5 Å². The van der Waals surface area contributed by atoms with Gasteiger partial charge in [0.15, 0.2) is 0 Å². The molecule has 1 aromatic carbocycles. The lowest BCUT2D eigenvalue weighted by Gasteiger charge is -2.08. The smallest absolute Gasteiger partial charge is 0.132 e. The van der Waals surface area contributed by atoms with Gasteiger partial charge >= 0.3 is 0 Å². The van der Waals surface area contributed by atoms with Crippen LogP contribution in [0.1, 0.15) is 12.0 Å². The van der Waals surface area contributed by atoms with Crippen LogP contribution in [0, 0.1) is 3.57 Å². The van der Waals surface area contributed by atoms with Crippen LogP contribution in [0.5, 0.6) is 5.75 Å². The summed E-state index contributed by atoms with van der Waals surface area (Å²) in [6, 6.07) is 6.07. The zero-order valence-corrected chi connectivity index (χ0v) is 11.3. The first-order valence-electron chi connectivity index (χ1n) is 4.86. The van der Waals surface area contributed by atoms with E-state index in [1.165, 1.54) is 5.56 Å². The monoisotopic (exact) mass is 340 g/mol. The second-order valence-corrected chi connectivity index (χ2v) is 4.67. The van der Waals surface area contributed by atoms with Gasteiger partial charge < -0.3 is 9.84 Å². The Morgan fingerprint density at radius 2 is 2.20 bits per heavy atom. The fourth-order valence-electron chi connectivity index (χ4n) is 1.25. The van der Waals surface area contributed by atoms with E-state index in [4.69, 9.17) is 21.4 Å². The lowest BCUT2D eigenvalue weighted by molar-refractivity contribution is 0.288. The summed E-state index contributed by atoms with van der Waals surface area (Å²) in [5.74, 6) is 1.38. The van der Waals surface area contributed by atoms with Crippen molar-refractivity contribution in [2.75, 3.05) is 19.1 Å². The molecule has 0 atom stereocenters. The third kappa shape index (κ3) is 4.57. The normalized spacial score (nSPS) is 10.3. The maximum absolute atomic E-state index is 8.73. The molecule has 0 heterocycles. The molecule has 15 heavy (non-hydrogen) atoms. The predicted octanol–water partition coefficient (Wildman–Crippen LogP) is 2.83. The van der Waals surface area contributed by atoms with E-state index in [1.54, 1.807) is 0 Å². The third-order valence-corrected chi connectivity index (χ3v) is 2.95. The van der Waals surface area contributed by atoms with Gasteiger partial charge in [-0.3, -0.25) is 0 Å². The Balaban J connectivity index is 2.61. The zero-order valence-electron chi connectivity index (χ0n) is 8.38. The van der Waals surface area contributed by atoms with E-state index in [2.05, 4.69) is 28.7 Å². The predicted molar refractivity (Wildman–Crippen MR) is 70.8 cm³/mol. The second-order valence-electron chi connectivity index (χ2n) is 3.13. The first-order valence-corrected chi connectivity index (χ1v) is 6.47.